The van der Waals surface area contributed by atoms with E-state index in [2.05, 4.69) is 26.8 Å². The van der Waals surface area contributed by atoms with Crippen molar-refractivity contribution in [2.75, 3.05) is 17.2 Å². The van der Waals surface area contributed by atoms with Gasteiger partial charge in [-0.2, -0.15) is 0 Å². The van der Waals surface area contributed by atoms with Crippen molar-refractivity contribution in [3.05, 3.63) is 42.0 Å². The molecule has 0 bridgehead atoms. The number of hydrogen-bond acceptors (Lipinski definition) is 5. The zero-order valence-corrected chi connectivity index (χ0v) is 10.7. The Balaban J connectivity index is 2.19. The van der Waals surface area contributed by atoms with Gasteiger partial charge in [-0.3, -0.25) is 9.97 Å². The van der Waals surface area contributed by atoms with Crippen LogP contribution in [0.3, 0.4) is 0 Å². The summed E-state index contributed by atoms with van der Waals surface area (Å²) < 4.78 is 0. The van der Waals surface area contributed by atoms with Gasteiger partial charge in [-0.25, -0.2) is 4.98 Å². The van der Waals surface area contributed by atoms with E-state index in [-0.39, 0.29) is 0 Å². The van der Waals surface area contributed by atoms with Gasteiger partial charge in [0, 0.05) is 12.2 Å². The molecule has 2 rings (SSSR count). The Morgan fingerprint density at radius 3 is 2.72 bits per heavy atom. The molecule has 0 aliphatic heterocycles. The van der Waals surface area contributed by atoms with Gasteiger partial charge < -0.3 is 10.6 Å². The molecule has 0 amide bonds. The molecule has 0 unspecified atom stereocenters. The van der Waals surface area contributed by atoms with Gasteiger partial charge in [-0.1, -0.05) is 6.07 Å². The molecule has 2 aromatic rings. The highest BCUT2D eigenvalue weighted by atomic mass is 15.2. The number of rotatable bonds is 4. The standard InChI is InChI=1S/C13H17N5/c1-3-18(13-8-15-7-12(14)17-13)9-11-6-4-5-10(2)16-11/h4-8H,3,9H2,1-2H3,(H2,14,17). The zero-order chi connectivity index (χ0) is 13.0. The zero-order valence-electron chi connectivity index (χ0n) is 10.7. The molecule has 0 radical (unpaired) electrons. The van der Waals surface area contributed by atoms with E-state index < -0.39 is 0 Å². The Labute approximate surface area is 107 Å². The molecular weight excluding hydrogens is 226 g/mol. The van der Waals surface area contributed by atoms with Gasteiger partial charge >= 0.3 is 0 Å². The lowest BCUT2D eigenvalue weighted by Crippen LogP contribution is -2.24. The van der Waals surface area contributed by atoms with Crippen LogP contribution < -0.4 is 10.6 Å². The Morgan fingerprint density at radius 1 is 1.22 bits per heavy atom. The summed E-state index contributed by atoms with van der Waals surface area (Å²) in [6.07, 6.45) is 3.26. The number of nitrogens with zero attached hydrogens (tertiary/aromatic N) is 4. The highest BCUT2D eigenvalue weighted by Gasteiger charge is 2.08. The van der Waals surface area contributed by atoms with Crippen LogP contribution in [0, 0.1) is 6.92 Å². The second-order valence-corrected chi connectivity index (χ2v) is 4.09. The quantitative estimate of drug-likeness (QED) is 0.886. The molecule has 0 aromatic carbocycles. The minimum Gasteiger partial charge on any atom is -0.382 e. The van der Waals surface area contributed by atoms with E-state index >= 15 is 0 Å². The van der Waals surface area contributed by atoms with E-state index in [0.717, 1.165) is 23.8 Å². The van der Waals surface area contributed by atoms with Gasteiger partial charge in [0.2, 0.25) is 0 Å². The van der Waals surface area contributed by atoms with E-state index in [0.29, 0.717) is 12.4 Å². The lowest BCUT2D eigenvalue weighted by atomic mass is 10.3. The predicted molar refractivity (Wildman–Crippen MR) is 72.1 cm³/mol. The molecule has 18 heavy (non-hydrogen) atoms. The fourth-order valence-electron chi connectivity index (χ4n) is 1.76. The van der Waals surface area contributed by atoms with E-state index in [1.807, 2.05) is 25.1 Å². The first kappa shape index (κ1) is 12.3. The highest BCUT2D eigenvalue weighted by molar-refractivity contribution is 5.41. The number of nitrogens with two attached hydrogens (primary N) is 1. The van der Waals surface area contributed by atoms with Crippen LogP contribution in [0.15, 0.2) is 30.6 Å². The largest absolute Gasteiger partial charge is 0.382 e. The Kier molecular flexibility index (Phi) is 3.72. The summed E-state index contributed by atoms with van der Waals surface area (Å²) >= 11 is 0. The first-order valence-corrected chi connectivity index (χ1v) is 5.94. The molecule has 0 saturated carbocycles. The maximum absolute atomic E-state index is 5.65. The summed E-state index contributed by atoms with van der Waals surface area (Å²) in [5.41, 5.74) is 7.68. The molecule has 5 heteroatoms. The second kappa shape index (κ2) is 5.44. The topological polar surface area (TPSA) is 67.9 Å². The molecule has 0 fully saturated rings. The monoisotopic (exact) mass is 243 g/mol. The van der Waals surface area contributed by atoms with Crippen LogP contribution in [0.5, 0.6) is 0 Å². The molecule has 0 spiro atoms. The van der Waals surface area contributed by atoms with Gasteiger partial charge in [-0.05, 0) is 26.0 Å². The van der Waals surface area contributed by atoms with Crippen LogP contribution in [0.25, 0.3) is 0 Å². The molecule has 2 heterocycles. The van der Waals surface area contributed by atoms with Gasteiger partial charge in [0.05, 0.1) is 24.6 Å². The van der Waals surface area contributed by atoms with Crippen molar-refractivity contribution < 1.29 is 0 Å². The Bertz CT molecular complexity index is 526. The molecule has 0 aliphatic rings. The summed E-state index contributed by atoms with van der Waals surface area (Å²) in [6, 6.07) is 6.01. The van der Waals surface area contributed by atoms with Crippen LogP contribution in [0.4, 0.5) is 11.6 Å². The van der Waals surface area contributed by atoms with E-state index in [1.165, 1.54) is 0 Å². The third-order valence-electron chi connectivity index (χ3n) is 2.65. The number of hydrogen-bond donors (Lipinski definition) is 1. The summed E-state index contributed by atoms with van der Waals surface area (Å²) in [7, 11) is 0. The Hall–Kier alpha value is -2.17. The summed E-state index contributed by atoms with van der Waals surface area (Å²) in [5.74, 6) is 1.21. The molecule has 2 N–H and O–H groups in total. The lowest BCUT2D eigenvalue weighted by molar-refractivity contribution is 0.788. The van der Waals surface area contributed by atoms with Gasteiger partial charge in [0.25, 0.3) is 0 Å². The maximum Gasteiger partial charge on any atom is 0.149 e. The van der Waals surface area contributed by atoms with Gasteiger partial charge in [0.15, 0.2) is 0 Å². The minimum atomic E-state index is 0.433. The summed E-state index contributed by atoms with van der Waals surface area (Å²) in [6.45, 7) is 5.59. The average molecular weight is 243 g/mol. The first-order valence-electron chi connectivity index (χ1n) is 5.94. The third kappa shape index (κ3) is 2.94. The van der Waals surface area contributed by atoms with E-state index in [4.69, 9.17) is 5.73 Å². The van der Waals surface area contributed by atoms with E-state index in [1.54, 1.807) is 12.4 Å². The number of anilines is 2. The number of aryl methyl sites for hydroxylation is 1. The normalized spacial score (nSPS) is 10.3. The molecule has 2 aromatic heterocycles. The Morgan fingerprint density at radius 2 is 2.06 bits per heavy atom. The van der Waals surface area contributed by atoms with Crippen LogP contribution in [-0.2, 0) is 6.54 Å². The van der Waals surface area contributed by atoms with Gasteiger partial charge in [-0.15, -0.1) is 0 Å². The van der Waals surface area contributed by atoms with Crippen molar-refractivity contribution in [3.63, 3.8) is 0 Å². The van der Waals surface area contributed by atoms with Crippen molar-refractivity contribution in [2.24, 2.45) is 0 Å². The third-order valence-corrected chi connectivity index (χ3v) is 2.65. The first-order chi connectivity index (χ1) is 8.69. The smallest absolute Gasteiger partial charge is 0.149 e. The lowest BCUT2D eigenvalue weighted by Gasteiger charge is -2.21. The van der Waals surface area contributed by atoms with Crippen molar-refractivity contribution in [3.8, 4) is 0 Å². The predicted octanol–water partition coefficient (Wildman–Crippen LogP) is 1.79. The number of aromatic nitrogens is 3. The van der Waals surface area contributed by atoms with Crippen LogP contribution >= 0.6 is 0 Å². The van der Waals surface area contributed by atoms with Crippen molar-refractivity contribution in [2.45, 2.75) is 20.4 Å². The van der Waals surface area contributed by atoms with Crippen molar-refractivity contribution in [1.82, 2.24) is 15.0 Å². The van der Waals surface area contributed by atoms with Crippen molar-refractivity contribution >= 4 is 11.6 Å². The molecule has 0 atom stereocenters. The highest BCUT2D eigenvalue weighted by Crippen LogP contribution is 2.13. The molecule has 0 aliphatic carbocycles. The number of pyridine rings is 1. The summed E-state index contributed by atoms with van der Waals surface area (Å²) in [4.78, 5) is 14.9. The van der Waals surface area contributed by atoms with Crippen molar-refractivity contribution in [1.29, 1.82) is 0 Å². The summed E-state index contributed by atoms with van der Waals surface area (Å²) in [5, 5.41) is 0. The van der Waals surface area contributed by atoms with Gasteiger partial charge in [0.1, 0.15) is 11.6 Å². The second-order valence-electron chi connectivity index (χ2n) is 4.09. The number of nitrogen functional groups attached to an aromatic ring is 1. The van der Waals surface area contributed by atoms with E-state index in [9.17, 15) is 0 Å². The molecular formula is C13H17N5. The molecule has 0 saturated heterocycles. The van der Waals surface area contributed by atoms with Crippen LogP contribution in [0.2, 0.25) is 0 Å². The fourth-order valence-corrected chi connectivity index (χ4v) is 1.76. The SMILES string of the molecule is CCN(Cc1cccc(C)n1)c1cncc(N)n1. The molecule has 5 nitrogen and oxygen atoms in total. The fraction of sp³-hybridized carbons (Fsp3) is 0.308. The molecule has 94 valence electrons. The van der Waals surface area contributed by atoms with Crippen LogP contribution in [0.1, 0.15) is 18.3 Å². The van der Waals surface area contributed by atoms with Crippen LogP contribution in [-0.4, -0.2) is 21.5 Å². The maximum atomic E-state index is 5.65. The average Bonchev–Trinajstić information content (AvgIpc) is 2.36. The minimum absolute atomic E-state index is 0.433.